The van der Waals surface area contributed by atoms with E-state index in [4.69, 9.17) is 9.15 Å². The molecule has 0 unspecified atom stereocenters. The van der Waals surface area contributed by atoms with Gasteiger partial charge in [-0.15, -0.1) is 0 Å². The molecule has 2 aromatic rings. The van der Waals surface area contributed by atoms with Gasteiger partial charge in [0.2, 0.25) is 0 Å². The Morgan fingerprint density at radius 1 is 1.20 bits per heavy atom. The highest BCUT2D eigenvalue weighted by Crippen LogP contribution is 2.39. The van der Waals surface area contributed by atoms with E-state index >= 15 is 0 Å². The van der Waals surface area contributed by atoms with Crippen LogP contribution in [0.5, 0.6) is 5.75 Å². The number of hydrogen-bond donors (Lipinski definition) is 1. The van der Waals surface area contributed by atoms with Gasteiger partial charge in [-0.25, -0.2) is 0 Å². The Labute approximate surface area is 176 Å². The number of amides is 1. The molecule has 1 amide bonds. The van der Waals surface area contributed by atoms with Gasteiger partial charge in [0.1, 0.15) is 23.3 Å². The fraction of sp³-hybridized carbons (Fsp3) is 0.391. The second-order valence-electron chi connectivity index (χ2n) is 7.54. The number of aliphatic hydroxyl groups is 1. The van der Waals surface area contributed by atoms with Crippen molar-refractivity contribution in [2.75, 3.05) is 33.8 Å². The zero-order chi connectivity index (χ0) is 21.7. The molecule has 0 aliphatic carbocycles. The molecule has 1 aromatic heterocycles. The third kappa shape index (κ3) is 4.57. The van der Waals surface area contributed by atoms with Crippen molar-refractivity contribution in [3.8, 4) is 5.75 Å². The Morgan fingerprint density at radius 2 is 1.93 bits per heavy atom. The van der Waals surface area contributed by atoms with Crippen LogP contribution in [-0.2, 0) is 9.59 Å². The molecule has 0 radical (unpaired) electrons. The topological polar surface area (TPSA) is 83.2 Å². The number of Topliss-reactive ketones (excluding diaryl/α,β-unsaturated/α-hetero) is 1. The van der Waals surface area contributed by atoms with Crippen molar-refractivity contribution in [1.29, 1.82) is 0 Å². The standard InChI is InChI=1S/C23H28N2O5/c1-4-14-29-17-10-8-16(9-11-17)21(26)19-20(18-7-5-15-30-18)25(23(28)22(19)27)13-6-12-24(2)3/h5,7-11,15,20,26H,4,6,12-14H2,1-3H3/b21-19+/t20-/m1/s1. The van der Waals surface area contributed by atoms with Gasteiger partial charge >= 0.3 is 0 Å². The van der Waals surface area contributed by atoms with Crippen LogP contribution in [-0.4, -0.2) is 60.4 Å². The maximum Gasteiger partial charge on any atom is 0.295 e. The number of hydrogen-bond acceptors (Lipinski definition) is 6. The number of ether oxygens (including phenoxy) is 1. The van der Waals surface area contributed by atoms with Gasteiger partial charge in [-0.3, -0.25) is 9.59 Å². The summed E-state index contributed by atoms with van der Waals surface area (Å²) >= 11 is 0. The van der Waals surface area contributed by atoms with E-state index in [0.29, 0.717) is 36.6 Å². The SMILES string of the molecule is CCCOc1ccc(/C(O)=C2\C(=O)C(=O)N(CCCN(C)C)[C@@H]2c2ccco2)cc1. The van der Waals surface area contributed by atoms with E-state index in [1.165, 1.54) is 11.2 Å². The Bertz CT molecular complexity index is 900. The molecule has 1 aliphatic heterocycles. The summed E-state index contributed by atoms with van der Waals surface area (Å²) in [5.41, 5.74) is 0.490. The minimum Gasteiger partial charge on any atom is -0.507 e. The molecule has 1 aromatic carbocycles. The van der Waals surface area contributed by atoms with Crippen LogP contribution in [0.3, 0.4) is 0 Å². The van der Waals surface area contributed by atoms with Gasteiger partial charge in [-0.1, -0.05) is 6.92 Å². The van der Waals surface area contributed by atoms with E-state index in [1.807, 2.05) is 25.9 Å². The minimum atomic E-state index is -0.752. The second kappa shape index (κ2) is 9.63. The van der Waals surface area contributed by atoms with E-state index in [2.05, 4.69) is 0 Å². The van der Waals surface area contributed by atoms with E-state index < -0.39 is 17.7 Å². The van der Waals surface area contributed by atoms with Gasteiger partial charge in [0.15, 0.2) is 0 Å². The van der Waals surface area contributed by atoms with Crippen LogP contribution in [0.4, 0.5) is 0 Å². The zero-order valence-corrected chi connectivity index (χ0v) is 17.6. The van der Waals surface area contributed by atoms with Crippen molar-refractivity contribution in [1.82, 2.24) is 9.80 Å². The van der Waals surface area contributed by atoms with Crippen LogP contribution in [0, 0.1) is 0 Å². The van der Waals surface area contributed by atoms with E-state index in [9.17, 15) is 14.7 Å². The number of carbonyl (C=O) groups excluding carboxylic acids is 2. The monoisotopic (exact) mass is 412 g/mol. The number of aliphatic hydroxyl groups excluding tert-OH is 1. The molecule has 1 aliphatic rings. The predicted octanol–water partition coefficient (Wildman–Crippen LogP) is 3.44. The molecule has 0 saturated carbocycles. The van der Waals surface area contributed by atoms with Gasteiger partial charge < -0.3 is 24.1 Å². The molecule has 1 N–H and O–H groups in total. The summed E-state index contributed by atoms with van der Waals surface area (Å²) in [4.78, 5) is 29.1. The highest BCUT2D eigenvalue weighted by molar-refractivity contribution is 6.46. The maximum atomic E-state index is 12.9. The molecule has 0 spiro atoms. The maximum absolute atomic E-state index is 12.9. The van der Waals surface area contributed by atoms with Gasteiger partial charge in [0.25, 0.3) is 11.7 Å². The molecule has 7 nitrogen and oxygen atoms in total. The average Bonchev–Trinajstić information content (AvgIpc) is 3.34. The zero-order valence-electron chi connectivity index (χ0n) is 17.6. The van der Waals surface area contributed by atoms with Crippen molar-refractivity contribution >= 4 is 17.4 Å². The molecule has 1 saturated heterocycles. The van der Waals surface area contributed by atoms with Crippen LogP contribution >= 0.6 is 0 Å². The summed E-state index contributed by atoms with van der Waals surface area (Å²) in [6.45, 7) is 3.77. The molecular weight excluding hydrogens is 384 g/mol. The smallest absolute Gasteiger partial charge is 0.295 e. The number of carbonyl (C=O) groups is 2. The van der Waals surface area contributed by atoms with Crippen molar-refractivity contribution in [2.24, 2.45) is 0 Å². The highest BCUT2D eigenvalue weighted by atomic mass is 16.5. The number of benzene rings is 1. The number of rotatable bonds is 9. The molecule has 3 rings (SSSR count). The summed E-state index contributed by atoms with van der Waals surface area (Å²) in [5.74, 6) is -0.416. The number of furan rings is 1. The summed E-state index contributed by atoms with van der Waals surface area (Å²) in [6, 6.07) is 9.50. The van der Waals surface area contributed by atoms with Crippen molar-refractivity contribution in [2.45, 2.75) is 25.8 Å². The van der Waals surface area contributed by atoms with Crippen LogP contribution < -0.4 is 4.74 Å². The van der Waals surface area contributed by atoms with Gasteiger partial charge in [0, 0.05) is 12.1 Å². The van der Waals surface area contributed by atoms with Crippen LogP contribution in [0.1, 0.15) is 37.1 Å². The fourth-order valence-electron chi connectivity index (χ4n) is 3.50. The van der Waals surface area contributed by atoms with E-state index in [1.54, 1.807) is 36.4 Å². The summed E-state index contributed by atoms with van der Waals surface area (Å²) in [6.07, 6.45) is 3.08. The summed E-state index contributed by atoms with van der Waals surface area (Å²) in [5, 5.41) is 11.0. The predicted molar refractivity (Wildman–Crippen MR) is 113 cm³/mol. The van der Waals surface area contributed by atoms with Crippen LogP contribution in [0.25, 0.3) is 5.76 Å². The quantitative estimate of drug-likeness (QED) is 0.386. The van der Waals surface area contributed by atoms with Gasteiger partial charge in [-0.05, 0) is 69.9 Å². The Morgan fingerprint density at radius 3 is 2.53 bits per heavy atom. The highest BCUT2D eigenvalue weighted by Gasteiger charge is 2.47. The lowest BCUT2D eigenvalue weighted by Crippen LogP contribution is -2.32. The molecule has 30 heavy (non-hydrogen) atoms. The van der Waals surface area contributed by atoms with Crippen molar-refractivity contribution in [3.05, 3.63) is 59.6 Å². The first-order chi connectivity index (χ1) is 14.4. The molecular formula is C23H28N2O5. The number of ketones is 1. The van der Waals surface area contributed by atoms with Crippen molar-refractivity contribution < 1.29 is 23.8 Å². The average molecular weight is 412 g/mol. The lowest BCUT2D eigenvalue weighted by atomic mass is 9.99. The number of likely N-dealkylation sites (tertiary alicyclic amines) is 1. The largest absolute Gasteiger partial charge is 0.507 e. The third-order valence-electron chi connectivity index (χ3n) is 4.96. The Balaban J connectivity index is 1.95. The summed E-state index contributed by atoms with van der Waals surface area (Å²) < 4.78 is 11.1. The first-order valence-corrected chi connectivity index (χ1v) is 10.1. The molecule has 2 heterocycles. The van der Waals surface area contributed by atoms with Gasteiger partial charge in [-0.2, -0.15) is 0 Å². The second-order valence-corrected chi connectivity index (χ2v) is 7.54. The first kappa shape index (κ1) is 21.6. The summed E-state index contributed by atoms with van der Waals surface area (Å²) in [7, 11) is 3.90. The lowest BCUT2D eigenvalue weighted by molar-refractivity contribution is -0.140. The van der Waals surface area contributed by atoms with Crippen molar-refractivity contribution in [3.63, 3.8) is 0 Å². The minimum absolute atomic E-state index is 0.0435. The Hall–Kier alpha value is -3.06. The molecule has 1 atom stereocenters. The Kier molecular flexibility index (Phi) is 6.95. The van der Waals surface area contributed by atoms with Crippen LogP contribution in [0.2, 0.25) is 0 Å². The third-order valence-corrected chi connectivity index (χ3v) is 4.96. The molecule has 1 fully saturated rings. The lowest BCUT2D eigenvalue weighted by Gasteiger charge is -2.24. The molecule has 160 valence electrons. The van der Waals surface area contributed by atoms with Crippen LogP contribution in [0.15, 0.2) is 52.7 Å². The normalized spacial score (nSPS) is 18.4. The molecule has 7 heteroatoms. The van der Waals surface area contributed by atoms with Gasteiger partial charge in [0.05, 0.1) is 18.4 Å². The van der Waals surface area contributed by atoms with E-state index in [-0.39, 0.29) is 11.3 Å². The molecule has 0 bridgehead atoms. The fourth-order valence-corrected chi connectivity index (χ4v) is 3.50. The van der Waals surface area contributed by atoms with E-state index in [0.717, 1.165) is 13.0 Å². The first-order valence-electron chi connectivity index (χ1n) is 10.1. The number of nitrogens with zero attached hydrogens (tertiary/aromatic N) is 2.